The number of nitrogens with zero attached hydrogens (tertiary/aromatic N) is 2. The second kappa shape index (κ2) is 20.7. The molecule has 1 aromatic carbocycles. The smallest absolute Gasteiger partial charge is 0.748 e. The third-order valence-electron chi connectivity index (χ3n) is 6.32. The van der Waals surface area contributed by atoms with Gasteiger partial charge in [0.1, 0.15) is 15.9 Å². The van der Waals surface area contributed by atoms with Gasteiger partial charge < -0.3 is 13.7 Å². The van der Waals surface area contributed by atoms with Crippen LogP contribution in [0.3, 0.4) is 0 Å². The Balaban J connectivity index is 0.00000684. The third-order valence-corrected chi connectivity index (χ3v) is 8.18. The molecule has 0 N–H and O–H groups in total. The number of rotatable bonds is 19. The molecule has 0 fully saturated rings. The van der Waals surface area contributed by atoms with Gasteiger partial charge >= 0.3 is 103 Å². The van der Waals surface area contributed by atoms with Crippen molar-refractivity contribution < 1.29 is 129 Å². The number of fused-ring (bicyclic) bond motifs is 1. The average Bonchev–Trinajstić information content (AvgIpc) is 3.13. The monoisotopic (exact) mass is 636 g/mol. The third kappa shape index (κ3) is 15.9. The number of imidazole rings is 1. The van der Waals surface area contributed by atoms with E-state index < -0.39 is 30.9 Å². The maximum atomic E-state index is 11.4. The van der Waals surface area contributed by atoms with Crippen LogP contribution in [0.5, 0.6) is 0 Å². The van der Waals surface area contributed by atoms with Gasteiger partial charge in [0.2, 0.25) is 0 Å². The van der Waals surface area contributed by atoms with E-state index in [1.807, 2.05) is 0 Å². The molecule has 2 aromatic rings. The Kier molecular flexibility index (Phi) is 21.7. The Morgan fingerprint density at radius 1 is 0.868 bits per heavy atom. The first-order chi connectivity index (χ1) is 17.0. The zero-order chi connectivity index (χ0) is 26.6. The Labute approximate surface area is 319 Å². The molecule has 0 spiro atoms. The van der Waals surface area contributed by atoms with E-state index in [1.54, 1.807) is 4.57 Å². The fraction of sp³-hybridized carbons (Fsp3) is 0.680. The first-order valence-electron chi connectivity index (χ1n) is 12.9. The minimum absolute atomic E-state index is 0. The van der Waals surface area contributed by atoms with Gasteiger partial charge in [0.05, 0.1) is 31.8 Å². The van der Waals surface area contributed by atoms with Crippen LogP contribution in [-0.4, -0.2) is 46.1 Å². The summed E-state index contributed by atoms with van der Waals surface area (Å²) in [5.74, 6) is -0.170. The Bertz CT molecular complexity index is 1200. The summed E-state index contributed by atoms with van der Waals surface area (Å²) in [5, 5.41) is 0. The number of aryl methyl sites for hydroxylation is 1. The first kappa shape index (κ1) is 39.9. The maximum absolute atomic E-state index is 11.4. The van der Waals surface area contributed by atoms with Gasteiger partial charge in [-0.2, -0.15) is 0 Å². The molecule has 0 saturated heterocycles. The largest absolute Gasteiger partial charge is 1.00 e. The summed E-state index contributed by atoms with van der Waals surface area (Å²) in [6.07, 6.45) is 16.1. The van der Waals surface area contributed by atoms with Crippen molar-refractivity contribution in [3.8, 4) is 0 Å². The molecule has 38 heavy (non-hydrogen) atoms. The number of unbranched alkanes of at least 4 members (excludes halogenated alkanes) is 11. The van der Waals surface area contributed by atoms with Crippen LogP contribution in [0, 0.1) is 0 Å². The van der Waals surface area contributed by atoms with Crippen molar-refractivity contribution in [1.82, 2.24) is 9.55 Å². The molecular weight excluding hydrogens is 599 g/mol. The van der Waals surface area contributed by atoms with Crippen molar-refractivity contribution in [2.45, 2.75) is 108 Å². The molecule has 0 radical (unpaired) electrons. The number of benzene rings is 1. The molecule has 1 heterocycles. The minimum atomic E-state index is -4.66. The number of thiocarbonyl (C=S) groups is 1. The normalized spacial score (nSPS) is 11.8. The van der Waals surface area contributed by atoms with Crippen LogP contribution >= 0.6 is 12.2 Å². The molecule has 8 nitrogen and oxygen atoms in total. The van der Waals surface area contributed by atoms with Crippen LogP contribution in [0.15, 0.2) is 23.1 Å². The molecule has 1 aromatic heterocycles. The van der Waals surface area contributed by atoms with Gasteiger partial charge in [0.25, 0.3) is 0 Å². The predicted molar refractivity (Wildman–Crippen MR) is 144 cm³/mol. The molecule has 2 rings (SSSR count). The van der Waals surface area contributed by atoms with Crippen LogP contribution in [-0.2, 0) is 33.2 Å². The molecule has 0 bridgehead atoms. The first-order valence-corrected chi connectivity index (χ1v) is 16.3. The quantitative estimate of drug-likeness (QED) is 0.0873. The summed E-state index contributed by atoms with van der Waals surface area (Å²) in [6, 6.07) is 3.73. The Morgan fingerprint density at radius 3 is 1.89 bits per heavy atom. The number of aromatic nitrogens is 2. The molecule has 0 atom stereocenters. The van der Waals surface area contributed by atoms with Gasteiger partial charge in [-0.15, -0.1) is 0 Å². The molecule has 0 saturated carbocycles. The Hall–Kier alpha value is 1.87. The Morgan fingerprint density at radius 2 is 1.39 bits per heavy atom. The van der Waals surface area contributed by atoms with Crippen LogP contribution in [0.1, 0.15) is 96.2 Å². The summed E-state index contributed by atoms with van der Waals surface area (Å²) < 4.78 is 69.2. The van der Waals surface area contributed by atoms with Crippen molar-refractivity contribution in [2.24, 2.45) is 0 Å². The van der Waals surface area contributed by atoms with Crippen molar-refractivity contribution >= 4 is 48.4 Å². The maximum Gasteiger partial charge on any atom is 1.00 e. The summed E-state index contributed by atoms with van der Waals surface area (Å²) in [4.78, 5) is 4.76. The number of hydrogen-bond acceptors (Lipinski definition) is 8. The minimum Gasteiger partial charge on any atom is -0.748 e. The molecule has 0 unspecified atom stereocenters. The summed E-state index contributed by atoms with van der Waals surface area (Å²) in [6.45, 7) is 2.11. The van der Waals surface area contributed by atoms with Gasteiger partial charge in [-0.3, -0.25) is 0 Å². The van der Waals surface area contributed by atoms with E-state index >= 15 is 0 Å². The zero-order valence-corrected chi connectivity index (χ0v) is 31.8. The van der Waals surface area contributed by atoms with Gasteiger partial charge in [0, 0.05) is 17.8 Å². The summed E-state index contributed by atoms with van der Waals surface area (Å²) in [7, 11) is -9.12. The molecule has 0 aliphatic rings. The van der Waals surface area contributed by atoms with Gasteiger partial charge in [-0.1, -0.05) is 89.8 Å². The average molecular weight is 637 g/mol. The second-order valence-electron chi connectivity index (χ2n) is 9.40. The van der Waals surface area contributed by atoms with Crippen LogP contribution in [0.25, 0.3) is 11.0 Å². The zero-order valence-electron chi connectivity index (χ0n) is 23.1. The van der Waals surface area contributed by atoms with Gasteiger partial charge in [0.15, 0.2) is 0 Å². The predicted octanol–water partition coefficient (Wildman–Crippen LogP) is -0.503. The fourth-order valence-corrected chi connectivity index (χ4v) is 5.50. The molecular formula is C25H38K2N2O6S3. The van der Waals surface area contributed by atoms with Gasteiger partial charge in [-0.05, 0) is 31.0 Å². The molecule has 0 aliphatic heterocycles. The van der Waals surface area contributed by atoms with E-state index in [4.69, 9.17) is 12.2 Å². The van der Waals surface area contributed by atoms with Gasteiger partial charge in [-0.25, -0.2) is 21.8 Å². The molecule has 204 valence electrons. The van der Waals surface area contributed by atoms with Crippen molar-refractivity contribution in [2.75, 3.05) is 5.75 Å². The fourth-order valence-electron chi connectivity index (χ4n) is 4.33. The topological polar surface area (TPSA) is 132 Å². The summed E-state index contributed by atoms with van der Waals surface area (Å²) >= 11 is 5.54. The summed E-state index contributed by atoms with van der Waals surface area (Å²) in [5.41, 5.74) is 0.701. The van der Waals surface area contributed by atoms with E-state index in [2.05, 4.69) is 11.9 Å². The number of hydrogen-bond donors (Lipinski definition) is 0. The van der Waals surface area contributed by atoms with E-state index in [9.17, 15) is 25.9 Å². The van der Waals surface area contributed by atoms with Crippen LogP contribution in [0.4, 0.5) is 0 Å². The van der Waals surface area contributed by atoms with Crippen molar-refractivity contribution in [3.05, 3.63) is 24.0 Å². The van der Waals surface area contributed by atoms with Crippen LogP contribution < -0.4 is 103 Å². The molecule has 13 heteroatoms. The van der Waals surface area contributed by atoms with Crippen LogP contribution in [0.2, 0.25) is 0 Å². The molecule has 0 aliphatic carbocycles. The standard InChI is InChI=1S/C25H40N2O6S3.2K/c1-2-3-4-5-6-7-8-9-10-11-12-13-14-21(34)19-25-26-23-20-22(36(31,32)33)15-16-24(23)27(25)17-18-35(28,29)30;;/h15-16,20H,2-14,17-19H2,1H3,(H,28,29,30)(H,31,32,33);;/q;2*+1/p-2. The van der Waals surface area contributed by atoms with Crippen molar-refractivity contribution in [3.63, 3.8) is 0 Å². The van der Waals surface area contributed by atoms with E-state index in [1.165, 1.54) is 70.3 Å². The van der Waals surface area contributed by atoms with E-state index in [-0.39, 0.29) is 115 Å². The van der Waals surface area contributed by atoms with E-state index in [0.29, 0.717) is 17.8 Å². The molecule has 0 amide bonds. The van der Waals surface area contributed by atoms with E-state index in [0.717, 1.165) is 36.3 Å². The SMILES string of the molecule is CCCCCCCCCCCCCCC(=S)Cc1nc2cc(S(=O)(=O)[O-])ccc2n1CCS(=O)(=O)[O-].[K+].[K+]. The van der Waals surface area contributed by atoms with Crippen molar-refractivity contribution in [1.29, 1.82) is 0 Å². The second-order valence-corrected chi connectivity index (χ2v) is 12.9.